The van der Waals surface area contributed by atoms with Crippen LogP contribution in [0.3, 0.4) is 0 Å². The van der Waals surface area contributed by atoms with Gasteiger partial charge in [-0.1, -0.05) is 0 Å². The monoisotopic (exact) mass is 200 g/mol. The summed E-state index contributed by atoms with van der Waals surface area (Å²) in [4.78, 5) is 15.3. The average molecular weight is 200 g/mol. The largest absolute Gasteiger partial charge is 0.376 e. The highest BCUT2D eigenvalue weighted by Crippen LogP contribution is 2.18. The predicted octanol–water partition coefficient (Wildman–Crippen LogP) is 1.17. The van der Waals surface area contributed by atoms with Crippen molar-refractivity contribution in [2.45, 2.75) is 32.4 Å². The van der Waals surface area contributed by atoms with Crippen molar-refractivity contribution in [3.05, 3.63) is 0 Å². The quantitative estimate of drug-likeness (QED) is 0.670. The Hall–Kier alpha value is -0.770. The van der Waals surface area contributed by atoms with Gasteiger partial charge >= 0.3 is 6.03 Å². The van der Waals surface area contributed by atoms with Crippen molar-refractivity contribution < 1.29 is 9.53 Å². The molecule has 0 N–H and O–H groups in total. The van der Waals surface area contributed by atoms with Gasteiger partial charge in [0.25, 0.3) is 0 Å². The molecule has 0 spiro atoms. The van der Waals surface area contributed by atoms with Gasteiger partial charge in [-0.15, -0.1) is 0 Å². The van der Waals surface area contributed by atoms with E-state index in [-0.39, 0.29) is 18.2 Å². The molecule has 1 fully saturated rings. The van der Waals surface area contributed by atoms with E-state index in [2.05, 4.69) is 0 Å². The Bertz CT molecular complexity index is 208. The van der Waals surface area contributed by atoms with E-state index in [1.807, 2.05) is 27.9 Å². The molecule has 4 heteroatoms. The molecular weight excluding hydrogens is 180 g/mol. The van der Waals surface area contributed by atoms with Gasteiger partial charge in [0.1, 0.15) is 0 Å². The van der Waals surface area contributed by atoms with Crippen molar-refractivity contribution in [1.29, 1.82) is 0 Å². The molecule has 0 bridgehead atoms. The summed E-state index contributed by atoms with van der Waals surface area (Å²) in [6.07, 6.45) is 1.11. The van der Waals surface area contributed by atoms with Gasteiger partial charge < -0.3 is 14.5 Å². The molecule has 0 aromatic heterocycles. The molecule has 1 heterocycles. The molecule has 1 aliphatic heterocycles. The minimum Gasteiger partial charge on any atom is -0.376 e. The second-order valence-electron chi connectivity index (χ2n) is 3.84. The molecular formula is C10H20N2O2. The summed E-state index contributed by atoms with van der Waals surface area (Å²) in [5.41, 5.74) is 0. The smallest absolute Gasteiger partial charge is 0.319 e. The van der Waals surface area contributed by atoms with Crippen LogP contribution in [-0.2, 0) is 4.74 Å². The molecule has 1 aliphatic rings. The first-order valence-corrected chi connectivity index (χ1v) is 5.17. The van der Waals surface area contributed by atoms with Crippen molar-refractivity contribution in [3.63, 3.8) is 0 Å². The van der Waals surface area contributed by atoms with E-state index in [1.165, 1.54) is 0 Å². The van der Waals surface area contributed by atoms with Crippen molar-refractivity contribution in [2.75, 3.05) is 27.2 Å². The zero-order chi connectivity index (χ0) is 10.7. The summed E-state index contributed by atoms with van der Waals surface area (Å²) >= 11 is 0. The third-order valence-corrected chi connectivity index (χ3v) is 2.94. The highest BCUT2D eigenvalue weighted by molar-refractivity contribution is 5.74. The first-order chi connectivity index (χ1) is 6.57. The summed E-state index contributed by atoms with van der Waals surface area (Å²) in [6.45, 7) is 5.50. The number of hydrogen-bond donors (Lipinski definition) is 0. The highest BCUT2D eigenvalue weighted by Gasteiger charge is 2.31. The zero-order valence-corrected chi connectivity index (χ0v) is 9.49. The third-order valence-electron chi connectivity index (χ3n) is 2.94. The summed E-state index contributed by atoms with van der Waals surface area (Å²) in [7, 11) is 3.67. The van der Waals surface area contributed by atoms with Crippen LogP contribution in [0.4, 0.5) is 4.79 Å². The Balaban J connectivity index is 2.55. The number of ether oxygens (including phenoxy) is 1. The lowest BCUT2D eigenvalue weighted by molar-refractivity contribution is 0.0845. The Morgan fingerprint density at radius 2 is 2.14 bits per heavy atom. The van der Waals surface area contributed by atoms with Crippen molar-refractivity contribution in [2.24, 2.45) is 0 Å². The molecule has 0 aliphatic carbocycles. The van der Waals surface area contributed by atoms with E-state index in [0.717, 1.165) is 19.6 Å². The van der Waals surface area contributed by atoms with Crippen LogP contribution in [-0.4, -0.2) is 55.2 Å². The molecule has 14 heavy (non-hydrogen) atoms. The normalized spacial score (nSPS) is 26.3. The lowest BCUT2D eigenvalue weighted by atomic mass is 10.1. The lowest BCUT2D eigenvalue weighted by Gasteiger charge is -2.30. The van der Waals surface area contributed by atoms with Gasteiger partial charge in [0, 0.05) is 27.2 Å². The van der Waals surface area contributed by atoms with Crippen molar-refractivity contribution in [3.8, 4) is 0 Å². The summed E-state index contributed by atoms with van der Waals surface area (Å²) < 4.78 is 5.44. The van der Waals surface area contributed by atoms with E-state index in [9.17, 15) is 4.79 Å². The van der Waals surface area contributed by atoms with Gasteiger partial charge in [-0.05, 0) is 20.3 Å². The van der Waals surface area contributed by atoms with E-state index in [0.29, 0.717) is 0 Å². The maximum absolute atomic E-state index is 11.8. The Morgan fingerprint density at radius 3 is 2.57 bits per heavy atom. The minimum atomic E-state index is 0.0786. The molecule has 2 unspecified atom stereocenters. The van der Waals surface area contributed by atoms with E-state index in [1.54, 1.807) is 9.80 Å². The Kier molecular flexibility index (Phi) is 3.75. The number of amides is 2. The number of carbonyl (C=O) groups excluding carboxylic acids is 1. The zero-order valence-electron chi connectivity index (χ0n) is 9.49. The maximum Gasteiger partial charge on any atom is 0.319 e. The van der Waals surface area contributed by atoms with Crippen LogP contribution >= 0.6 is 0 Å². The molecule has 82 valence electrons. The molecule has 2 atom stereocenters. The number of rotatable bonds is 2. The Morgan fingerprint density at radius 1 is 1.50 bits per heavy atom. The van der Waals surface area contributed by atoms with Crippen LogP contribution in [0.1, 0.15) is 20.3 Å². The fourth-order valence-electron chi connectivity index (χ4n) is 1.78. The average Bonchev–Trinajstić information content (AvgIpc) is 2.61. The minimum absolute atomic E-state index is 0.0786. The molecule has 2 amide bonds. The summed E-state index contributed by atoms with van der Waals surface area (Å²) in [5, 5.41) is 0. The summed E-state index contributed by atoms with van der Waals surface area (Å²) in [5.74, 6) is 0. The number of hydrogen-bond acceptors (Lipinski definition) is 2. The molecule has 4 nitrogen and oxygen atoms in total. The van der Waals surface area contributed by atoms with Gasteiger partial charge in [0.2, 0.25) is 0 Å². The van der Waals surface area contributed by atoms with Crippen LogP contribution in [0.25, 0.3) is 0 Å². The van der Waals surface area contributed by atoms with E-state index in [4.69, 9.17) is 4.74 Å². The molecule has 1 saturated heterocycles. The van der Waals surface area contributed by atoms with Gasteiger partial charge in [0.05, 0.1) is 12.1 Å². The number of nitrogens with zero attached hydrogens (tertiary/aromatic N) is 2. The van der Waals surface area contributed by atoms with Crippen LogP contribution < -0.4 is 0 Å². The first kappa shape index (κ1) is 11.3. The third kappa shape index (κ3) is 2.18. The lowest BCUT2D eigenvalue weighted by Crippen LogP contribution is -2.46. The number of urea groups is 1. The summed E-state index contributed by atoms with van der Waals surface area (Å²) in [6, 6.07) is 0.311. The fraction of sp³-hybridized carbons (Fsp3) is 0.900. The maximum atomic E-state index is 11.8. The Labute approximate surface area is 85.8 Å². The molecule has 0 radical (unpaired) electrons. The predicted molar refractivity (Wildman–Crippen MR) is 55.3 cm³/mol. The van der Waals surface area contributed by atoms with Crippen LogP contribution in [0.2, 0.25) is 0 Å². The topological polar surface area (TPSA) is 32.8 Å². The second kappa shape index (κ2) is 4.64. The fourth-order valence-corrected chi connectivity index (χ4v) is 1.78. The first-order valence-electron chi connectivity index (χ1n) is 5.17. The van der Waals surface area contributed by atoms with E-state index < -0.39 is 0 Å². The van der Waals surface area contributed by atoms with Crippen molar-refractivity contribution >= 4 is 6.03 Å². The van der Waals surface area contributed by atoms with Crippen molar-refractivity contribution in [1.82, 2.24) is 9.80 Å². The molecule has 1 rings (SSSR count). The number of carbonyl (C=O) groups is 1. The standard InChI is InChI=1S/C10H20N2O2/c1-5-11(3)10(13)12(4)9-6-7-14-8(9)2/h8-9H,5-7H2,1-4H3. The molecule has 0 saturated carbocycles. The van der Waals surface area contributed by atoms with Crippen LogP contribution in [0.15, 0.2) is 0 Å². The van der Waals surface area contributed by atoms with Gasteiger partial charge in [0.15, 0.2) is 0 Å². The second-order valence-corrected chi connectivity index (χ2v) is 3.84. The molecule has 0 aromatic rings. The van der Waals surface area contributed by atoms with Gasteiger partial charge in [-0.25, -0.2) is 4.79 Å². The SMILES string of the molecule is CCN(C)C(=O)N(C)C1CCOC1C. The molecule has 0 aromatic carbocycles. The van der Waals surface area contributed by atoms with Gasteiger partial charge in [-0.3, -0.25) is 0 Å². The number of likely N-dealkylation sites (N-methyl/N-ethyl adjacent to an activating group) is 1. The highest BCUT2D eigenvalue weighted by atomic mass is 16.5. The van der Waals surface area contributed by atoms with E-state index >= 15 is 0 Å². The van der Waals surface area contributed by atoms with Gasteiger partial charge in [-0.2, -0.15) is 0 Å². The van der Waals surface area contributed by atoms with Crippen LogP contribution in [0, 0.1) is 0 Å². The van der Waals surface area contributed by atoms with Crippen LogP contribution in [0.5, 0.6) is 0 Å².